The van der Waals surface area contributed by atoms with Crippen molar-refractivity contribution in [1.82, 2.24) is 10.2 Å². The molecule has 1 aliphatic rings. The molecule has 3 aromatic carbocycles. The summed E-state index contributed by atoms with van der Waals surface area (Å²) in [5, 5.41) is 3.03. The van der Waals surface area contributed by atoms with E-state index >= 15 is 0 Å². The van der Waals surface area contributed by atoms with Gasteiger partial charge in [0.15, 0.2) is 0 Å². The molecule has 0 spiro atoms. The van der Waals surface area contributed by atoms with E-state index in [2.05, 4.69) is 34.5 Å². The molecule has 154 valence electrons. The summed E-state index contributed by atoms with van der Waals surface area (Å²) in [6, 6.07) is 25.8. The minimum atomic E-state index is -0.0925. The van der Waals surface area contributed by atoms with Gasteiger partial charge < -0.3 is 10.1 Å². The van der Waals surface area contributed by atoms with Crippen LogP contribution in [0.1, 0.15) is 39.9 Å². The van der Waals surface area contributed by atoms with Gasteiger partial charge >= 0.3 is 0 Å². The zero-order chi connectivity index (χ0) is 20.6. The molecule has 1 heterocycles. The molecule has 1 fully saturated rings. The fourth-order valence-corrected chi connectivity index (χ4v) is 3.79. The van der Waals surface area contributed by atoms with Crippen LogP contribution in [-0.2, 0) is 19.7 Å². The van der Waals surface area contributed by atoms with Crippen molar-refractivity contribution in [3.63, 3.8) is 0 Å². The van der Waals surface area contributed by atoms with Crippen LogP contribution in [0.25, 0.3) is 0 Å². The highest BCUT2D eigenvalue weighted by atomic mass is 16.5. The third-order valence-corrected chi connectivity index (χ3v) is 5.39. The number of carbonyl (C=O) groups is 1. The summed E-state index contributed by atoms with van der Waals surface area (Å²) in [6.45, 7) is 4.35. The first kappa shape index (κ1) is 20.2. The van der Waals surface area contributed by atoms with Gasteiger partial charge in [0, 0.05) is 18.7 Å². The lowest BCUT2D eigenvalue weighted by Gasteiger charge is -2.15. The van der Waals surface area contributed by atoms with E-state index in [1.807, 2.05) is 48.5 Å². The standard InChI is InChI=1S/C26H28N2O2/c29-26(24-12-7-13-25(17-24)30-20-21-8-2-1-3-9-21)27-18-22-10-6-11-23(16-22)19-28-14-4-5-15-28/h1-3,6-13,16-17H,4-5,14-15,18-20H2,(H,27,29). The number of ether oxygens (including phenoxy) is 1. The zero-order valence-corrected chi connectivity index (χ0v) is 17.2. The van der Waals surface area contributed by atoms with Crippen molar-refractivity contribution in [2.24, 2.45) is 0 Å². The van der Waals surface area contributed by atoms with Gasteiger partial charge in [0.1, 0.15) is 12.4 Å². The van der Waals surface area contributed by atoms with Crippen molar-refractivity contribution in [3.05, 3.63) is 101 Å². The molecule has 4 rings (SSSR count). The van der Waals surface area contributed by atoms with E-state index in [-0.39, 0.29) is 5.91 Å². The summed E-state index contributed by atoms with van der Waals surface area (Å²) in [7, 11) is 0. The second-order valence-electron chi connectivity index (χ2n) is 7.79. The zero-order valence-electron chi connectivity index (χ0n) is 17.2. The van der Waals surface area contributed by atoms with Gasteiger partial charge in [0.2, 0.25) is 0 Å². The molecular formula is C26H28N2O2. The first-order valence-corrected chi connectivity index (χ1v) is 10.6. The minimum Gasteiger partial charge on any atom is -0.489 e. The van der Waals surface area contributed by atoms with Crippen LogP contribution in [0.3, 0.4) is 0 Å². The third kappa shape index (κ3) is 5.71. The SMILES string of the molecule is O=C(NCc1cccc(CN2CCCC2)c1)c1cccc(OCc2ccccc2)c1. The molecule has 0 radical (unpaired) electrons. The normalized spacial score (nSPS) is 13.9. The van der Waals surface area contributed by atoms with Crippen molar-refractivity contribution >= 4 is 5.91 Å². The van der Waals surface area contributed by atoms with Gasteiger partial charge in [0.05, 0.1) is 0 Å². The number of nitrogens with one attached hydrogen (secondary N) is 1. The number of rotatable bonds is 8. The Kier molecular flexibility index (Phi) is 6.78. The molecule has 30 heavy (non-hydrogen) atoms. The van der Waals surface area contributed by atoms with E-state index < -0.39 is 0 Å². The van der Waals surface area contributed by atoms with Crippen LogP contribution in [-0.4, -0.2) is 23.9 Å². The molecule has 4 heteroatoms. The largest absolute Gasteiger partial charge is 0.489 e. The molecule has 0 saturated carbocycles. The van der Waals surface area contributed by atoms with Gasteiger partial charge in [-0.1, -0.05) is 60.7 Å². The predicted molar refractivity (Wildman–Crippen MR) is 119 cm³/mol. The lowest BCUT2D eigenvalue weighted by Crippen LogP contribution is -2.23. The highest BCUT2D eigenvalue weighted by molar-refractivity contribution is 5.94. The van der Waals surface area contributed by atoms with E-state index in [1.165, 1.54) is 31.5 Å². The van der Waals surface area contributed by atoms with E-state index in [1.54, 1.807) is 6.07 Å². The van der Waals surface area contributed by atoms with Crippen LogP contribution in [0.5, 0.6) is 5.75 Å². The first-order chi connectivity index (χ1) is 14.8. The summed E-state index contributed by atoms with van der Waals surface area (Å²) in [4.78, 5) is 15.1. The van der Waals surface area contributed by atoms with Crippen molar-refractivity contribution in [2.45, 2.75) is 32.5 Å². The van der Waals surface area contributed by atoms with Crippen molar-refractivity contribution in [1.29, 1.82) is 0 Å². The summed E-state index contributed by atoms with van der Waals surface area (Å²) in [6.07, 6.45) is 2.59. The Bertz CT molecular complexity index is 966. The smallest absolute Gasteiger partial charge is 0.251 e. The Labute approximate surface area is 178 Å². The first-order valence-electron chi connectivity index (χ1n) is 10.6. The Hall–Kier alpha value is -3.11. The second-order valence-corrected chi connectivity index (χ2v) is 7.79. The van der Waals surface area contributed by atoms with Gasteiger partial charge in [-0.25, -0.2) is 0 Å². The van der Waals surface area contributed by atoms with Gasteiger partial charge in [-0.15, -0.1) is 0 Å². The Balaban J connectivity index is 1.31. The Morgan fingerprint density at radius 2 is 1.57 bits per heavy atom. The van der Waals surface area contributed by atoms with Gasteiger partial charge in [-0.05, 0) is 60.8 Å². The molecule has 0 bridgehead atoms. The maximum absolute atomic E-state index is 12.6. The van der Waals surface area contributed by atoms with Crippen molar-refractivity contribution in [2.75, 3.05) is 13.1 Å². The lowest BCUT2D eigenvalue weighted by atomic mass is 10.1. The monoisotopic (exact) mass is 400 g/mol. The molecule has 0 atom stereocenters. The van der Waals surface area contributed by atoms with E-state index in [0.29, 0.717) is 24.5 Å². The van der Waals surface area contributed by atoms with Crippen LogP contribution in [0.4, 0.5) is 0 Å². The number of carbonyl (C=O) groups excluding carboxylic acids is 1. The Morgan fingerprint density at radius 3 is 2.40 bits per heavy atom. The molecule has 1 amide bonds. The van der Waals surface area contributed by atoms with Crippen LogP contribution in [0.2, 0.25) is 0 Å². The maximum atomic E-state index is 12.6. The molecular weight excluding hydrogens is 372 g/mol. The summed E-state index contributed by atoms with van der Waals surface area (Å²) < 4.78 is 5.84. The van der Waals surface area contributed by atoms with Gasteiger partial charge in [-0.3, -0.25) is 9.69 Å². The summed E-state index contributed by atoms with van der Waals surface area (Å²) in [5.41, 5.74) is 4.13. The minimum absolute atomic E-state index is 0.0925. The lowest BCUT2D eigenvalue weighted by molar-refractivity contribution is 0.0950. The molecule has 0 aromatic heterocycles. The fraction of sp³-hybridized carbons (Fsp3) is 0.269. The highest BCUT2D eigenvalue weighted by Gasteiger charge is 2.12. The van der Waals surface area contributed by atoms with Crippen molar-refractivity contribution < 1.29 is 9.53 Å². The molecule has 4 nitrogen and oxygen atoms in total. The fourth-order valence-electron chi connectivity index (χ4n) is 3.79. The number of benzene rings is 3. The van der Waals surface area contributed by atoms with Crippen LogP contribution >= 0.6 is 0 Å². The quantitative estimate of drug-likeness (QED) is 0.591. The molecule has 1 saturated heterocycles. The number of nitrogens with zero attached hydrogens (tertiary/aromatic N) is 1. The van der Waals surface area contributed by atoms with E-state index in [9.17, 15) is 4.79 Å². The van der Waals surface area contributed by atoms with Crippen LogP contribution in [0.15, 0.2) is 78.9 Å². The van der Waals surface area contributed by atoms with E-state index in [4.69, 9.17) is 4.74 Å². The number of hydrogen-bond acceptors (Lipinski definition) is 3. The predicted octanol–water partition coefficient (Wildman–Crippen LogP) is 4.79. The topological polar surface area (TPSA) is 41.6 Å². The second kappa shape index (κ2) is 10.1. The number of likely N-dealkylation sites (tertiary alicyclic amines) is 1. The maximum Gasteiger partial charge on any atom is 0.251 e. The average Bonchev–Trinajstić information content (AvgIpc) is 3.30. The third-order valence-electron chi connectivity index (χ3n) is 5.39. The molecule has 0 aliphatic carbocycles. The van der Waals surface area contributed by atoms with Crippen LogP contribution in [0, 0.1) is 0 Å². The van der Waals surface area contributed by atoms with E-state index in [0.717, 1.165) is 17.7 Å². The molecule has 1 N–H and O–H groups in total. The molecule has 1 aliphatic heterocycles. The number of amides is 1. The van der Waals surface area contributed by atoms with Crippen molar-refractivity contribution in [3.8, 4) is 5.75 Å². The molecule has 0 unspecified atom stereocenters. The molecule has 3 aromatic rings. The summed E-state index contributed by atoms with van der Waals surface area (Å²) in [5.74, 6) is 0.601. The average molecular weight is 401 g/mol. The summed E-state index contributed by atoms with van der Waals surface area (Å²) >= 11 is 0. The van der Waals surface area contributed by atoms with Crippen LogP contribution < -0.4 is 10.1 Å². The van der Waals surface area contributed by atoms with Gasteiger partial charge in [-0.2, -0.15) is 0 Å². The highest BCUT2D eigenvalue weighted by Crippen LogP contribution is 2.16. The number of hydrogen-bond donors (Lipinski definition) is 1. The van der Waals surface area contributed by atoms with Gasteiger partial charge in [0.25, 0.3) is 5.91 Å². The Morgan fingerprint density at radius 1 is 0.833 bits per heavy atom.